The summed E-state index contributed by atoms with van der Waals surface area (Å²) in [6.45, 7) is 3.99. The number of nitrogens with zero attached hydrogens (tertiary/aromatic N) is 7. The van der Waals surface area contributed by atoms with Crippen LogP contribution in [-0.4, -0.2) is 50.7 Å². The third-order valence-electron chi connectivity index (χ3n) is 5.40. The van der Waals surface area contributed by atoms with Gasteiger partial charge in [-0.05, 0) is 18.6 Å². The Morgan fingerprint density at radius 1 is 1.13 bits per heavy atom. The van der Waals surface area contributed by atoms with Gasteiger partial charge in [0.2, 0.25) is 5.82 Å². The highest BCUT2D eigenvalue weighted by Gasteiger charge is 2.32. The van der Waals surface area contributed by atoms with Crippen LogP contribution in [0.4, 0.5) is 17.2 Å². The van der Waals surface area contributed by atoms with Crippen LogP contribution in [0.1, 0.15) is 12.6 Å². The zero-order valence-electron chi connectivity index (χ0n) is 17.2. The molecule has 0 saturated carbocycles. The first-order chi connectivity index (χ1) is 14.9. The number of aryl methyl sites for hydroxylation is 2. The molecule has 0 atom stereocenters. The van der Waals surface area contributed by atoms with Gasteiger partial charge in [-0.25, -0.2) is 4.68 Å². The van der Waals surface area contributed by atoms with Gasteiger partial charge in [-0.2, -0.15) is 14.9 Å². The summed E-state index contributed by atoms with van der Waals surface area (Å²) in [5.41, 5.74) is 1.35. The van der Waals surface area contributed by atoms with E-state index in [0.29, 0.717) is 55.5 Å². The lowest BCUT2D eigenvalue weighted by Gasteiger charge is -2.36. The molecule has 3 aromatic rings. The number of piperazine rings is 1. The predicted octanol–water partition coefficient (Wildman–Crippen LogP) is 2.42. The maximum Gasteiger partial charge on any atom is 0.334 e. The number of halogens is 1. The zero-order valence-corrected chi connectivity index (χ0v) is 18.0. The number of nitro groups is 1. The fourth-order valence-corrected chi connectivity index (χ4v) is 4.14. The third kappa shape index (κ3) is 3.74. The van der Waals surface area contributed by atoms with Crippen LogP contribution in [0.5, 0.6) is 0 Å². The fourth-order valence-electron chi connectivity index (χ4n) is 3.89. The second kappa shape index (κ2) is 8.38. The first-order valence-electron chi connectivity index (χ1n) is 9.95. The normalized spacial score (nSPS) is 14.2. The van der Waals surface area contributed by atoms with Crippen molar-refractivity contribution in [3.8, 4) is 5.69 Å². The van der Waals surface area contributed by atoms with Crippen LogP contribution in [0.3, 0.4) is 0 Å². The van der Waals surface area contributed by atoms with Gasteiger partial charge in [0.15, 0.2) is 0 Å². The van der Waals surface area contributed by atoms with E-state index in [1.54, 1.807) is 30.1 Å². The number of rotatable bonds is 5. The Morgan fingerprint density at radius 2 is 1.77 bits per heavy atom. The quantitative estimate of drug-likeness (QED) is 0.440. The van der Waals surface area contributed by atoms with Crippen LogP contribution in [0, 0.1) is 10.1 Å². The van der Waals surface area contributed by atoms with Crippen molar-refractivity contribution >= 4 is 28.8 Å². The molecule has 1 aromatic carbocycles. The van der Waals surface area contributed by atoms with Gasteiger partial charge in [0.05, 0.1) is 22.5 Å². The van der Waals surface area contributed by atoms with Crippen molar-refractivity contribution in [1.29, 1.82) is 0 Å². The molecule has 1 saturated heterocycles. The number of hydrogen-bond acceptors (Lipinski definition) is 7. The molecule has 11 heteroatoms. The molecule has 3 heterocycles. The van der Waals surface area contributed by atoms with Crippen molar-refractivity contribution in [1.82, 2.24) is 19.6 Å². The molecule has 1 fully saturated rings. The topological polar surface area (TPSA) is 102 Å². The van der Waals surface area contributed by atoms with Crippen LogP contribution in [0.2, 0.25) is 5.02 Å². The van der Waals surface area contributed by atoms with Crippen molar-refractivity contribution in [3.05, 3.63) is 67.7 Å². The Bertz CT molecular complexity index is 1170. The standard InChI is InChI=1S/C20H22ClN7O3/c1-3-15-18(28(30)31)19(24(2)23-15)26-11-9-25(10-12-26)16-13-22-27(20(29)17(16)21)14-7-5-4-6-8-14/h4-8,13H,3,9-12H2,1-2H3. The van der Waals surface area contributed by atoms with E-state index in [-0.39, 0.29) is 21.2 Å². The molecule has 1 aliphatic rings. The summed E-state index contributed by atoms with van der Waals surface area (Å²) in [6.07, 6.45) is 2.08. The molecule has 0 aliphatic carbocycles. The van der Waals surface area contributed by atoms with Gasteiger partial charge in [0.1, 0.15) is 10.7 Å². The average Bonchev–Trinajstić information content (AvgIpc) is 3.13. The molecule has 2 aromatic heterocycles. The molecule has 0 spiro atoms. The summed E-state index contributed by atoms with van der Waals surface area (Å²) in [4.78, 5) is 28.0. The van der Waals surface area contributed by atoms with Crippen LogP contribution >= 0.6 is 11.6 Å². The van der Waals surface area contributed by atoms with Gasteiger partial charge < -0.3 is 9.80 Å². The molecule has 0 N–H and O–H groups in total. The lowest BCUT2D eigenvalue weighted by atomic mass is 10.2. The van der Waals surface area contributed by atoms with Gasteiger partial charge in [-0.15, -0.1) is 0 Å². The molecule has 162 valence electrons. The summed E-state index contributed by atoms with van der Waals surface area (Å²) in [5.74, 6) is 0.505. The molecule has 0 amide bonds. The Hall–Kier alpha value is -3.40. The SMILES string of the molecule is CCc1nn(C)c(N2CCN(c3cnn(-c4ccccc4)c(=O)c3Cl)CC2)c1[N+](=O)[O-]. The van der Waals surface area contributed by atoms with Crippen molar-refractivity contribution in [3.63, 3.8) is 0 Å². The lowest BCUT2D eigenvalue weighted by Crippen LogP contribution is -2.47. The summed E-state index contributed by atoms with van der Waals surface area (Å²) in [6, 6.07) is 9.08. The Morgan fingerprint density at radius 3 is 2.39 bits per heavy atom. The zero-order chi connectivity index (χ0) is 22.1. The van der Waals surface area contributed by atoms with Gasteiger partial charge in [0.25, 0.3) is 5.56 Å². The maximum absolute atomic E-state index is 12.8. The molecular weight excluding hydrogens is 422 g/mol. The van der Waals surface area contributed by atoms with E-state index in [0.717, 1.165) is 0 Å². The first-order valence-corrected chi connectivity index (χ1v) is 10.3. The van der Waals surface area contributed by atoms with Crippen molar-refractivity contribution in [2.45, 2.75) is 13.3 Å². The highest BCUT2D eigenvalue weighted by Crippen LogP contribution is 2.33. The number of benzene rings is 1. The second-order valence-corrected chi connectivity index (χ2v) is 7.60. The molecule has 31 heavy (non-hydrogen) atoms. The van der Waals surface area contributed by atoms with E-state index in [9.17, 15) is 14.9 Å². The van der Waals surface area contributed by atoms with E-state index in [4.69, 9.17) is 11.6 Å². The van der Waals surface area contributed by atoms with E-state index in [1.807, 2.05) is 34.9 Å². The van der Waals surface area contributed by atoms with Gasteiger partial charge >= 0.3 is 5.69 Å². The van der Waals surface area contributed by atoms with Crippen LogP contribution in [0.15, 0.2) is 41.3 Å². The molecular formula is C20H22ClN7O3. The smallest absolute Gasteiger partial charge is 0.334 e. The third-order valence-corrected chi connectivity index (χ3v) is 5.76. The summed E-state index contributed by atoms with van der Waals surface area (Å²) in [7, 11) is 1.72. The molecule has 0 bridgehead atoms. The van der Waals surface area contributed by atoms with E-state index in [1.165, 1.54) is 4.68 Å². The fraction of sp³-hybridized carbons (Fsp3) is 0.350. The highest BCUT2D eigenvalue weighted by atomic mass is 35.5. The van der Waals surface area contributed by atoms with E-state index >= 15 is 0 Å². The van der Waals surface area contributed by atoms with Gasteiger partial charge in [0, 0.05) is 33.2 Å². The first kappa shape index (κ1) is 20.9. The van der Waals surface area contributed by atoms with Gasteiger partial charge in [-0.1, -0.05) is 36.7 Å². The monoisotopic (exact) mass is 443 g/mol. The Labute approximate surface area is 183 Å². The van der Waals surface area contributed by atoms with Crippen molar-refractivity contribution in [2.75, 3.05) is 36.0 Å². The van der Waals surface area contributed by atoms with Crippen molar-refractivity contribution < 1.29 is 4.92 Å². The molecule has 0 radical (unpaired) electrons. The molecule has 10 nitrogen and oxygen atoms in total. The Kier molecular flexibility index (Phi) is 5.64. The average molecular weight is 444 g/mol. The minimum atomic E-state index is -0.386. The summed E-state index contributed by atoms with van der Waals surface area (Å²) in [5, 5.41) is 20.3. The van der Waals surface area contributed by atoms with E-state index < -0.39 is 0 Å². The molecule has 0 unspecified atom stereocenters. The molecule has 4 rings (SSSR count). The number of para-hydroxylation sites is 1. The number of hydrogen-bond donors (Lipinski definition) is 0. The largest absolute Gasteiger partial charge is 0.365 e. The maximum atomic E-state index is 12.8. The minimum Gasteiger partial charge on any atom is -0.365 e. The van der Waals surface area contributed by atoms with Crippen molar-refractivity contribution in [2.24, 2.45) is 7.05 Å². The van der Waals surface area contributed by atoms with Crippen LogP contribution in [-0.2, 0) is 13.5 Å². The summed E-state index contributed by atoms with van der Waals surface area (Å²) < 4.78 is 2.84. The lowest BCUT2D eigenvalue weighted by molar-refractivity contribution is -0.384. The predicted molar refractivity (Wildman–Crippen MR) is 119 cm³/mol. The van der Waals surface area contributed by atoms with Crippen LogP contribution in [0.25, 0.3) is 5.69 Å². The minimum absolute atomic E-state index is 0.0589. The molecule has 1 aliphatic heterocycles. The summed E-state index contributed by atoms with van der Waals surface area (Å²) >= 11 is 6.42. The number of aromatic nitrogens is 4. The second-order valence-electron chi connectivity index (χ2n) is 7.22. The van der Waals surface area contributed by atoms with Crippen LogP contribution < -0.4 is 15.4 Å². The Balaban J connectivity index is 1.57. The highest BCUT2D eigenvalue weighted by molar-refractivity contribution is 6.33. The number of anilines is 2. The van der Waals surface area contributed by atoms with Gasteiger partial charge in [-0.3, -0.25) is 14.9 Å². The van der Waals surface area contributed by atoms with E-state index in [2.05, 4.69) is 10.2 Å².